The SMILES string of the molecule is C=C(Nc1cc2cc(-c3ccc(C)n3C)ccc2cn1)c1ccnc(N2CCCCC2)c1. The molecule has 0 unspecified atom stereocenters. The molecule has 0 amide bonds. The molecule has 1 N–H and O–H groups in total. The maximum atomic E-state index is 4.61. The summed E-state index contributed by atoms with van der Waals surface area (Å²) in [6.45, 7) is 8.54. The molecular weight excluding hydrogens is 394 g/mol. The molecule has 4 heterocycles. The number of benzene rings is 1. The first-order valence-corrected chi connectivity index (χ1v) is 11.3. The van der Waals surface area contributed by atoms with Crippen LogP contribution in [0.4, 0.5) is 11.6 Å². The molecule has 5 rings (SSSR count). The second-order valence-electron chi connectivity index (χ2n) is 8.60. The molecule has 1 aromatic carbocycles. The van der Waals surface area contributed by atoms with E-state index < -0.39 is 0 Å². The Balaban J connectivity index is 1.39. The minimum Gasteiger partial charge on any atom is -0.357 e. The Morgan fingerprint density at radius 3 is 2.56 bits per heavy atom. The summed E-state index contributed by atoms with van der Waals surface area (Å²) in [6.07, 6.45) is 7.56. The molecule has 1 fully saturated rings. The van der Waals surface area contributed by atoms with Gasteiger partial charge in [-0.2, -0.15) is 0 Å². The van der Waals surface area contributed by atoms with Crippen LogP contribution in [0, 0.1) is 6.92 Å². The number of rotatable bonds is 5. The van der Waals surface area contributed by atoms with E-state index in [2.05, 4.69) is 87.8 Å². The van der Waals surface area contributed by atoms with Gasteiger partial charge < -0.3 is 14.8 Å². The zero-order chi connectivity index (χ0) is 22.1. The van der Waals surface area contributed by atoms with Crippen LogP contribution in [0.3, 0.4) is 0 Å². The van der Waals surface area contributed by atoms with E-state index in [0.29, 0.717) is 0 Å². The Morgan fingerprint density at radius 1 is 0.938 bits per heavy atom. The maximum Gasteiger partial charge on any atom is 0.130 e. The Labute approximate surface area is 189 Å². The highest BCUT2D eigenvalue weighted by Gasteiger charge is 2.13. The molecule has 0 aliphatic carbocycles. The average molecular weight is 424 g/mol. The molecule has 1 aliphatic rings. The number of hydrogen-bond donors (Lipinski definition) is 1. The lowest BCUT2D eigenvalue weighted by Gasteiger charge is -2.28. The van der Waals surface area contributed by atoms with Crippen LogP contribution in [-0.4, -0.2) is 27.6 Å². The molecule has 3 aromatic heterocycles. The highest BCUT2D eigenvalue weighted by molar-refractivity contribution is 5.89. The van der Waals surface area contributed by atoms with Crippen LogP contribution in [0.1, 0.15) is 30.5 Å². The molecule has 0 radical (unpaired) electrons. The minimum absolute atomic E-state index is 0.791. The zero-order valence-electron chi connectivity index (χ0n) is 18.8. The first kappa shape index (κ1) is 20.3. The van der Waals surface area contributed by atoms with E-state index in [1.54, 1.807) is 0 Å². The maximum absolute atomic E-state index is 4.61. The normalized spacial score (nSPS) is 14.0. The summed E-state index contributed by atoms with van der Waals surface area (Å²) >= 11 is 0. The fraction of sp³-hybridized carbons (Fsp3) is 0.259. The first-order chi connectivity index (χ1) is 15.6. The molecule has 1 aliphatic heterocycles. The minimum atomic E-state index is 0.791. The van der Waals surface area contributed by atoms with E-state index in [1.165, 1.54) is 36.2 Å². The lowest BCUT2D eigenvalue weighted by molar-refractivity contribution is 0.573. The number of hydrogen-bond acceptors (Lipinski definition) is 4. The molecular formula is C27H29N5. The largest absolute Gasteiger partial charge is 0.357 e. The van der Waals surface area contributed by atoms with Crippen LogP contribution in [0.25, 0.3) is 27.7 Å². The number of nitrogens with zero attached hydrogens (tertiary/aromatic N) is 4. The predicted molar refractivity (Wildman–Crippen MR) is 134 cm³/mol. The van der Waals surface area contributed by atoms with Gasteiger partial charge in [-0.1, -0.05) is 18.7 Å². The van der Waals surface area contributed by atoms with Crippen LogP contribution in [0.5, 0.6) is 0 Å². The van der Waals surface area contributed by atoms with Gasteiger partial charge in [0.05, 0.1) is 0 Å². The van der Waals surface area contributed by atoms with E-state index in [9.17, 15) is 0 Å². The van der Waals surface area contributed by atoms with Crippen molar-refractivity contribution in [2.75, 3.05) is 23.3 Å². The molecule has 5 heteroatoms. The zero-order valence-corrected chi connectivity index (χ0v) is 18.8. The van der Waals surface area contributed by atoms with Crippen molar-refractivity contribution in [2.24, 2.45) is 7.05 Å². The van der Waals surface area contributed by atoms with Gasteiger partial charge >= 0.3 is 0 Å². The second-order valence-corrected chi connectivity index (χ2v) is 8.60. The number of fused-ring (bicyclic) bond motifs is 1. The number of pyridine rings is 2. The van der Waals surface area contributed by atoms with Crippen molar-refractivity contribution in [1.82, 2.24) is 14.5 Å². The Hall–Kier alpha value is -3.60. The number of piperidine rings is 1. The molecule has 0 atom stereocenters. The summed E-state index contributed by atoms with van der Waals surface area (Å²) in [6, 6.07) is 17.0. The fourth-order valence-corrected chi connectivity index (χ4v) is 4.40. The van der Waals surface area contributed by atoms with Crippen molar-refractivity contribution in [2.45, 2.75) is 26.2 Å². The third-order valence-electron chi connectivity index (χ3n) is 6.44. The van der Waals surface area contributed by atoms with Crippen molar-refractivity contribution >= 4 is 28.1 Å². The summed E-state index contributed by atoms with van der Waals surface area (Å²) in [4.78, 5) is 11.5. The van der Waals surface area contributed by atoms with Crippen molar-refractivity contribution in [1.29, 1.82) is 0 Å². The summed E-state index contributed by atoms with van der Waals surface area (Å²) < 4.78 is 2.22. The molecule has 0 saturated carbocycles. The standard InChI is InChI=1S/C27H29N5/c1-19-7-10-25(31(19)3)22-8-9-23-18-29-26(16-24(23)15-22)30-20(2)21-11-12-28-27(17-21)32-13-5-4-6-14-32/h7-12,15-18H,2,4-6,13-14H2,1,3H3,(H,29,30). The van der Waals surface area contributed by atoms with E-state index in [4.69, 9.17) is 0 Å². The number of nitrogens with one attached hydrogen (secondary N) is 1. The Kier molecular flexibility index (Phi) is 5.39. The summed E-state index contributed by atoms with van der Waals surface area (Å²) in [5, 5.41) is 5.66. The molecule has 4 aromatic rings. The van der Waals surface area contributed by atoms with Crippen molar-refractivity contribution in [3.63, 3.8) is 0 Å². The van der Waals surface area contributed by atoms with Crippen LogP contribution in [-0.2, 0) is 7.05 Å². The van der Waals surface area contributed by atoms with Gasteiger partial charge in [-0.05, 0) is 73.5 Å². The van der Waals surface area contributed by atoms with Gasteiger partial charge in [-0.25, -0.2) is 9.97 Å². The highest BCUT2D eigenvalue weighted by atomic mass is 15.2. The summed E-state index contributed by atoms with van der Waals surface area (Å²) in [5.41, 5.74) is 5.52. The number of aryl methyl sites for hydroxylation is 1. The molecule has 1 saturated heterocycles. The monoisotopic (exact) mass is 423 g/mol. The quantitative estimate of drug-likeness (QED) is 0.427. The van der Waals surface area contributed by atoms with E-state index in [1.807, 2.05) is 18.5 Å². The van der Waals surface area contributed by atoms with Crippen LogP contribution in [0.2, 0.25) is 0 Å². The van der Waals surface area contributed by atoms with E-state index >= 15 is 0 Å². The predicted octanol–water partition coefficient (Wildman–Crippen LogP) is 6.02. The first-order valence-electron chi connectivity index (χ1n) is 11.3. The molecule has 32 heavy (non-hydrogen) atoms. The van der Waals surface area contributed by atoms with Gasteiger partial charge in [0.2, 0.25) is 0 Å². The Bertz CT molecular complexity index is 1280. The van der Waals surface area contributed by atoms with Gasteiger partial charge in [0.25, 0.3) is 0 Å². The number of anilines is 2. The van der Waals surface area contributed by atoms with Gasteiger partial charge in [0.15, 0.2) is 0 Å². The van der Waals surface area contributed by atoms with Gasteiger partial charge in [0, 0.05) is 60.6 Å². The van der Waals surface area contributed by atoms with Gasteiger partial charge in [0.1, 0.15) is 11.6 Å². The average Bonchev–Trinajstić information content (AvgIpc) is 3.17. The molecule has 162 valence electrons. The lowest BCUT2D eigenvalue weighted by atomic mass is 10.1. The van der Waals surface area contributed by atoms with Crippen LogP contribution in [0.15, 0.2) is 67.5 Å². The summed E-state index contributed by atoms with van der Waals surface area (Å²) in [7, 11) is 2.10. The highest BCUT2D eigenvalue weighted by Crippen LogP contribution is 2.28. The van der Waals surface area contributed by atoms with Crippen molar-refractivity contribution < 1.29 is 0 Å². The molecule has 0 bridgehead atoms. The number of aromatic nitrogens is 3. The van der Waals surface area contributed by atoms with E-state index in [-0.39, 0.29) is 0 Å². The fourth-order valence-electron chi connectivity index (χ4n) is 4.40. The molecule has 5 nitrogen and oxygen atoms in total. The third kappa shape index (κ3) is 3.98. The second kappa shape index (κ2) is 8.50. The topological polar surface area (TPSA) is 46.0 Å². The van der Waals surface area contributed by atoms with Crippen LogP contribution < -0.4 is 10.2 Å². The third-order valence-corrected chi connectivity index (χ3v) is 6.44. The van der Waals surface area contributed by atoms with Gasteiger partial charge in [-0.15, -0.1) is 0 Å². The van der Waals surface area contributed by atoms with Gasteiger partial charge in [-0.3, -0.25) is 0 Å². The van der Waals surface area contributed by atoms with E-state index in [0.717, 1.165) is 46.8 Å². The lowest BCUT2D eigenvalue weighted by Crippen LogP contribution is -2.30. The van der Waals surface area contributed by atoms with Crippen LogP contribution >= 0.6 is 0 Å². The smallest absolute Gasteiger partial charge is 0.130 e. The Morgan fingerprint density at radius 2 is 1.78 bits per heavy atom. The van der Waals surface area contributed by atoms with Crippen molar-refractivity contribution in [3.05, 3.63) is 78.8 Å². The summed E-state index contributed by atoms with van der Waals surface area (Å²) in [5.74, 6) is 1.82. The van der Waals surface area contributed by atoms with Crippen molar-refractivity contribution in [3.8, 4) is 11.3 Å². The molecule has 0 spiro atoms.